The number of nitrogens with two attached hydrogens (primary N) is 1. The average molecular weight is 151 g/mol. The zero-order valence-corrected chi connectivity index (χ0v) is 6.00. The fourth-order valence-corrected chi connectivity index (χ4v) is 0.693. The summed E-state index contributed by atoms with van der Waals surface area (Å²) in [4.78, 5) is 14.3. The van der Waals surface area contributed by atoms with Gasteiger partial charge in [-0.15, -0.1) is 0 Å². The van der Waals surface area contributed by atoms with Crippen molar-refractivity contribution in [3.05, 3.63) is 24.0 Å². The van der Waals surface area contributed by atoms with E-state index in [2.05, 4.69) is 11.2 Å². The molecule has 1 amide bonds. The van der Waals surface area contributed by atoms with Crippen LogP contribution >= 0.6 is 0 Å². The SMILES string of the molecule is COc1[c]nccc1C(N)=O. The molecule has 0 aliphatic carbocycles. The quantitative estimate of drug-likeness (QED) is 0.646. The maximum absolute atomic E-state index is 10.7. The number of hydrogen-bond donors (Lipinski definition) is 1. The highest BCUT2D eigenvalue weighted by atomic mass is 16.5. The zero-order chi connectivity index (χ0) is 8.27. The van der Waals surface area contributed by atoms with Crippen LogP contribution in [0, 0.1) is 6.20 Å². The maximum atomic E-state index is 10.7. The van der Waals surface area contributed by atoms with Crippen LogP contribution < -0.4 is 10.5 Å². The first-order valence-corrected chi connectivity index (χ1v) is 2.96. The summed E-state index contributed by atoms with van der Waals surface area (Å²) in [7, 11) is 1.43. The smallest absolute Gasteiger partial charge is 0.252 e. The molecule has 0 saturated carbocycles. The number of amides is 1. The third-order valence-corrected chi connectivity index (χ3v) is 1.20. The number of nitrogens with zero attached hydrogens (tertiary/aromatic N) is 1. The minimum atomic E-state index is -0.541. The molecular weight excluding hydrogens is 144 g/mol. The van der Waals surface area contributed by atoms with Crippen LogP contribution in [-0.4, -0.2) is 18.0 Å². The summed E-state index contributed by atoms with van der Waals surface area (Å²) in [6.45, 7) is 0. The molecule has 0 aliphatic rings. The number of ether oxygens (including phenoxy) is 1. The first kappa shape index (κ1) is 7.53. The van der Waals surface area contributed by atoms with Crippen LogP contribution in [0.4, 0.5) is 0 Å². The van der Waals surface area contributed by atoms with Gasteiger partial charge in [-0.1, -0.05) is 0 Å². The first-order valence-electron chi connectivity index (χ1n) is 2.96. The molecule has 1 heterocycles. The molecule has 0 saturated heterocycles. The molecule has 1 aromatic heterocycles. The Morgan fingerprint density at radius 1 is 1.82 bits per heavy atom. The average Bonchev–Trinajstić information content (AvgIpc) is 2.04. The predicted octanol–water partition coefficient (Wildman–Crippen LogP) is -0.0107. The molecule has 1 radical (unpaired) electrons. The molecule has 0 atom stereocenters. The van der Waals surface area contributed by atoms with E-state index >= 15 is 0 Å². The lowest BCUT2D eigenvalue weighted by Crippen LogP contribution is -2.12. The van der Waals surface area contributed by atoms with Gasteiger partial charge in [-0.2, -0.15) is 0 Å². The lowest BCUT2D eigenvalue weighted by molar-refractivity contribution is 0.0997. The van der Waals surface area contributed by atoms with E-state index < -0.39 is 5.91 Å². The van der Waals surface area contributed by atoms with Crippen molar-refractivity contribution in [1.82, 2.24) is 4.98 Å². The van der Waals surface area contributed by atoms with E-state index in [1.807, 2.05) is 0 Å². The van der Waals surface area contributed by atoms with E-state index in [4.69, 9.17) is 10.5 Å². The first-order chi connectivity index (χ1) is 5.25. The Kier molecular flexibility index (Phi) is 2.06. The van der Waals surface area contributed by atoms with Gasteiger partial charge in [0.2, 0.25) is 0 Å². The molecule has 2 N–H and O–H groups in total. The minimum absolute atomic E-state index is 0.278. The van der Waals surface area contributed by atoms with Crippen LogP contribution in [0.3, 0.4) is 0 Å². The standard InChI is InChI=1S/C7H7N2O2/c1-11-6-4-9-3-2-5(6)7(8)10/h2-3H,1H3,(H2,8,10). The van der Waals surface area contributed by atoms with Gasteiger partial charge in [0.05, 0.1) is 12.7 Å². The second kappa shape index (κ2) is 3.01. The van der Waals surface area contributed by atoms with Crippen LogP contribution in [0.5, 0.6) is 5.75 Å². The summed E-state index contributed by atoms with van der Waals surface area (Å²) in [5.41, 5.74) is 5.32. The van der Waals surface area contributed by atoms with Gasteiger partial charge < -0.3 is 10.5 Å². The molecule has 0 aromatic carbocycles. The number of pyridine rings is 1. The summed E-state index contributed by atoms with van der Waals surface area (Å²) in [6, 6.07) is 1.48. The van der Waals surface area contributed by atoms with E-state index in [-0.39, 0.29) is 5.75 Å². The largest absolute Gasteiger partial charge is 0.494 e. The molecule has 1 rings (SSSR count). The van der Waals surface area contributed by atoms with Crippen molar-refractivity contribution in [2.24, 2.45) is 5.73 Å². The fraction of sp³-hybridized carbons (Fsp3) is 0.143. The van der Waals surface area contributed by atoms with E-state index in [0.717, 1.165) is 0 Å². The molecule has 1 aromatic rings. The van der Waals surface area contributed by atoms with Crippen molar-refractivity contribution < 1.29 is 9.53 Å². The third kappa shape index (κ3) is 1.46. The monoisotopic (exact) mass is 151 g/mol. The molecule has 57 valence electrons. The summed E-state index contributed by atoms with van der Waals surface area (Å²) in [5.74, 6) is -0.263. The number of hydrogen-bond acceptors (Lipinski definition) is 3. The normalized spacial score (nSPS) is 9.18. The molecule has 0 spiro atoms. The number of carbonyl (C=O) groups is 1. The Morgan fingerprint density at radius 2 is 2.55 bits per heavy atom. The van der Waals surface area contributed by atoms with Crippen LogP contribution in [0.1, 0.15) is 10.4 Å². The maximum Gasteiger partial charge on any atom is 0.252 e. The minimum Gasteiger partial charge on any atom is -0.494 e. The number of methoxy groups -OCH3 is 1. The molecule has 4 nitrogen and oxygen atoms in total. The van der Waals surface area contributed by atoms with Gasteiger partial charge in [0, 0.05) is 6.20 Å². The van der Waals surface area contributed by atoms with Crippen molar-refractivity contribution in [3.63, 3.8) is 0 Å². The van der Waals surface area contributed by atoms with Gasteiger partial charge in [-0.3, -0.25) is 9.78 Å². The Hall–Kier alpha value is -1.58. The number of rotatable bonds is 2. The summed E-state index contributed by atoms with van der Waals surface area (Å²) >= 11 is 0. The van der Waals surface area contributed by atoms with Crippen molar-refractivity contribution in [3.8, 4) is 5.75 Å². The second-order valence-corrected chi connectivity index (χ2v) is 1.87. The Labute approximate surface area is 64.0 Å². The van der Waals surface area contributed by atoms with E-state index in [1.165, 1.54) is 19.4 Å². The highest BCUT2D eigenvalue weighted by Crippen LogP contribution is 2.13. The molecular formula is C7H7N2O2. The van der Waals surface area contributed by atoms with E-state index in [0.29, 0.717) is 5.56 Å². The van der Waals surface area contributed by atoms with Gasteiger partial charge in [0.15, 0.2) is 5.75 Å². The van der Waals surface area contributed by atoms with Crippen LogP contribution in [-0.2, 0) is 0 Å². The van der Waals surface area contributed by atoms with Crippen molar-refractivity contribution in [2.45, 2.75) is 0 Å². The van der Waals surface area contributed by atoms with Crippen molar-refractivity contribution in [1.29, 1.82) is 0 Å². The van der Waals surface area contributed by atoms with Gasteiger partial charge in [-0.25, -0.2) is 0 Å². The van der Waals surface area contributed by atoms with Crippen LogP contribution in [0.2, 0.25) is 0 Å². The van der Waals surface area contributed by atoms with Gasteiger partial charge in [0.25, 0.3) is 5.91 Å². The van der Waals surface area contributed by atoms with Crippen molar-refractivity contribution >= 4 is 5.91 Å². The number of aromatic nitrogens is 1. The molecule has 11 heavy (non-hydrogen) atoms. The fourth-order valence-electron chi connectivity index (χ4n) is 0.693. The Bertz CT molecular complexity index is 273. The lowest BCUT2D eigenvalue weighted by atomic mass is 10.2. The van der Waals surface area contributed by atoms with Crippen LogP contribution in [0.15, 0.2) is 12.3 Å². The molecule has 0 fully saturated rings. The number of carbonyl (C=O) groups excluding carboxylic acids is 1. The third-order valence-electron chi connectivity index (χ3n) is 1.20. The van der Waals surface area contributed by atoms with E-state index in [9.17, 15) is 4.79 Å². The lowest BCUT2D eigenvalue weighted by Gasteiger charge is -2.01. The van der Waals surface area contributed by atoms with Crippen molar-refractivity contribution in [2.75, 3.05) is 7.11 Å². The molecule has 0 aliphatic heterocycles. The Balaban J connectivity index is 3.12. The summed E-state index contributed by atoms with van der Waals surface area (Å²) in [6.07, 6.45) is 3.93. The number of primary amides is 1. The molecule has 0 unspecified atom stereocenters. The highest BCUT2D eigenvalue weighted by molar-refractivity contribution is 5.95. The molecule has 4 heteroatoms. The predicted molar refractivity (Wildman–Crippen MR) is 38.1 cm³/mol. The highest BCUT2D eigenvalue weighted by Gasteiger charge is 2.06. The van der Waals surface area contributed by atoms with Crippen LogP contribution in [0.25, 0.3) is 0 Å². The van der Waals surface area contributed by atoms with Gasteiger partial charge in [0.1, 0.15) is 6.20 Å². The van der Waals surface area contributed by atoms with Gasteiger partial charge >= 0.3 is 0 Å². The summed E-state index contributed by atoms with van der Waals surface area (Å²) in [5, 5.41) is 0. The molecule has 0 bridgehead atoms. The second-order valence-electron chi connectivity index (χ2n) is 1.87. The van der Waals surface area contributed by atoms with Gasteiger partial charge in [-0.05, 0) is 6.07 Å². The summed E-state index contributed by atoms with van der Waals surface area (Å²) < 4.78 is 4.79. The topological polar surface area (TPSA) is 65.2 Å². The Morgan fingerprint density at radius 3 is 3.00 bits per heavy atom. The van der Waals surface area contributed by atoms with E-state index in [1.54, 1.807) is 0 Å². The zero-order valence-electron chi connectivity index (χ0n) is 6.00.